The summed E-state index contributed by atoms with van der Waals surface area (Å²) in [7, 11) is 3.78. The third kappa shape index (κ3) is 2.79. The van der Waals surface area contributed by atoms with Crippen molar-refractivity contribution in [2.45, 2.75) is 18.6 Å². The molecule has 1 heterocycles. The smallest absolute Gasteiger partial charge is 0.193 e. The maximum Gasteiger partial charge on any atom is 0.193 e. The Morgan fingerprint density at radius 1 is 1.69 bits per heavy atom. The second-order valence-electron chi connectivity index (χ2n) is 3.14. The fourth-order valence-electron chi connectivity index (χ4n) is 1.57. The SMILES string of the molecule is CC[C@H]1CN(C(=NC)NC)CCS1. The molecule has 0 unspecified atom stereocenters. The fourth-order valence-corrected chi connectivity index (χ4v) is 2.75. The van der Waals surface area contributed by atoms with E-state index >= 15 is 0 Å². The van der Waals surface area contributed by atoms with Gasteiger partial charge in [0.25, 0.3) is 0 Å². The Balaban J connectivity index is 2.50. The summed E-state index contributed by atoms with van der Waals surface area (Å²) in [4.78, 5) is 6.56. The number of aliphatic imine (C=N–C) groups is 1. The summed E-state index contributed by atoms with van der Waals surface area (Å²) >= 11 is 2.08. The van der Waals surface area contributed by atoms with Gasteiger partial charge in [-0.25, -0.2) is 0 Å². The Hall–Kier alpha value is -0.380. The van der Waals surface area contributed by atoms with Crippen LogP contribution in [-0.4, -0.2) is 49.0 Å². The predicted octanol–water partition coefficient (Wildman–Crippen LogP) is 1.02. The van der Waals surface area contributed by atoms with E-state index in [1.54, 1.807) is 0 Å². The van der Waals surface area contributed by atoms with E-state index in [-0.39, 0.29) is 0 Å². The molecule has 0 spiro atoms. The van der Waals surface area contributed by atoms with Crippen molar-refractivity contribution in [1.29, 1.82) is 0 Å². The Kier molecular flexibility index (Phi) is 4.42. The van der Waals surface area contributed by atoms with Gasteiger partial charge in [-0.2, -0.15) is 11.8 Å². The van der Waals surface area contributed by atoms with E-state index in [1.807, 2.05) is 14.1 Å². The van der Waals surface area contributed by atoms with E-state index in [1.165, 1.54) is 12.2 Å². The van der Waals surface area contributed by atoms with Gasteiger partial charge in [0, 0.05) is 38.2 Å². The molecular weight excluding hydrogens is 182 g/mol. The fraction of sp³-hybridized carbons (Fsp3) is 0.889. The highest BCUT2D eigenvalue weighted by molar-refractivity contribution is 8.00. The molecule has 0 bridgehead atoms. The molecule has 0 aliphatic carbocycles. The van der Waals surface area contributed by atoms with Crippen molar-refractivity contribution in [3.63, 3.8) is 0 Å². The van der Waals surface area contributed by atoms with Crippen LogP contribution in [0.4, 0.5) is 0 Å². The first-order valence-electron chi connectivity index (χ1n) is 4.82. The predicted molar refractivity (Wildman–Crippen MR) is 60.5 cm³/mol. The van der Waals surface area contributed by atoms with Gasteiger partial charge in [-0.1, -0.05) is 6.92 Å². The third-order valence-electron chi connectivity index (χ3n) is 2.33. The molecule has 0 aromatic carbocycles. The number of thioether (sulfide) groups is 1. The van der Waals surface area contributed by atoms with Gasteiger partial charge in [-0.05, 0) is 6.42 Å². The molecule has 0 aromatic heterocycles. The molecule has 0 aromatic rings. The van der Waals surface area contributed by atoms with Crippen molar-refractivity contribution < 1.29 is 0 Å². The van der Waals surface area contributed by atoms with Gasteiger partial charge >= 0.3 is 0 Å². The standard InChI is InChI=1S/C9H19N3S/c1-4-8-7-12(5-6-13-8)9(10-2)11-3/h8H,4-7H2,1-3H3,(H,10,11)/t8-/m0/s1. The first-order valence-corrected chi connectivity index (χ1v) is 5.87. The maximum absolute atomic E-state index is 4.22. The minimum atomic E-state index is 0.777. The molecule has 0 radical (unpaired) electrons. The van der Waals surface area contributed by atoms with E-state index in [0.29, 0.717) is 0 Å². The monoisotopic (exact) mass is 201 g/mol. The molecule has 3 nitrogen and oxygen atoms in total. The summed E-state index contributed by atoms with van der Waals surface area (Å²) in [5.41, 5.74) is 0. The van der Waals surface area contributed by atoms with Gasteiger partial charge in [-0.3, -0.25) is 4.99 Å². The Morgan fingerprint density at radius 3 is 3.00 bits per heavy atom. The number of nitrogens with one attached hydrogen (secondary N) is 1. The second-order valence-corrected chi connectivity index (χ2v) is 4.55. The van der Waals surface area contributed by atoms with Crippen LogP contribution in [0.25, 0.3) is 0 Å². The average Bonchev–Trinajstić information content (AvgIpc) is 2.20. The number of hydrogen-bond donors (Lipinski definition) is 1. The van der Waals surface area contributed by atoms with E-state index in [9.17, 15) is 0 Å². The molecule has 0 saturated carbocycles. The largest absolute Gasteiger partial charge is 0.359 e. The number of hydrogen-bond acceptors (Lipinski definition) is 2. The second kappa shape index (κ2) is 5.37. The van der Waals surface area contributed by atoms with Crippen molar-refractivity contribution >= 4 is 17.7 Å². The lowest BCUT2D eigenvalue weighted by molar-refractivity contribution is 0.412. The normalized spacial score (nSPS) is 24.7. The molecule has 13 heavy (non-hydrogen) atoms. The van der Waals surface area contributed by atoms with E-state index in [0.717, 1.165) is 24.3 Å². The summed E-state index contributed by atoms with van der Waals surface area (Å²) < 4.78 is 0. The first kappa shape index (κ1) is 10.7. The zero-order chi connectivity index (χ0) is 9.68. The molecule has 0 amide bonds. The summed E-state index contributed by atoms with van der Waals surface area (Å²) in [5.74, 6) is 2.25. The van der Waals surface area contributed by atoms with E-state index in [4.69, 9.17) is 0 Å². The quantitative estimate of drug-likeness (QED) is 0.507. The Labute approximate surface area is 85.0 Å². The van der Waals surface area contributed by atoms with Crippen molar-refractivity contribution in [3.05, 3.63) is 0 Å². The summed E-state index contributed by atoms with van der Waals surface area (Å²) in [6, 6.07) is 0. The minimum Gasteiger partial charge on any atom is -0.359 e. The lowest BCUT2D eigenvalue weighted by atomic mass is 10.3. The zero-order valence-corrected chi connectivity index (χ0v) is 9.52. The maximum atomic E-state index is 4.22. The van der Waals surface area contributed by atoms with Crippen LogP contribution in [0.5, 0.6) is 0 Å². The number of nitrogens with zero attached hydrogens (tertiary/aromatic N) is 2. The summed E-state index contributed by atoms with van der Waals surface area (Å²) in [6.45, 7) is 4.51. The summed E-state index contributed by atoms with van der Waals surface area (Å²) in [6.07, 6.45) is 1.25. The zero-order valence-electron chi connectivity index (χ0n) is 8.71. The van der Waals surface area contributed by atoms with Crippen molar-refractivity contribution in [1.82, 2.24) is 10.2 Å². The molecule has 1 saturated heterocycles. The third-order valence-corrected chi connectivity index (χ3v) is 3.70. The first-order chi connectivity index (χ1) is 6.31. The van der Waals surface area contributed by atoms with Crippen LogP contribution in [0.2, 0.25) is 0 Å². The molecule has 4 heteroatoms. The van der Waals surface area contributed by atoms with Crippen LogP contribution in [0.3, 0.4) is 0 Å². The number of guanidine groups is 1. The van der Waals surface area contributed by atoms with Crippen molar-refractivity contribution in [2.75, 3.05) is 32.9 Å². The average molecular weight is 201 g/mol. The van der Waals surface area contributed by atoms with Crippen LogP contribution in [-0.2, 0) is 0 Å². The molecule has 76 valence electrons. The van der Waals surface area contributed by atoms with Gasteiger partial charge in [0.15, 0.2) is 5.96 Å². The molecule has 1 rings (SSSR count). The molecule has 1 N–H and O–H groups in total. The lowest BCUT2D eigenvalue weighted by Crippen LogP contribution is -2.46. The highest BCUT2D eigenvalue weighted by Gasteiger charge is 2.20. The van der Waals surface area contributed by atoms with Crippen LogP contribution in [0.1, 0.15) is 13.3 Å². The molecule has 1 aliphatic rings. The van der Waals surface area contributed by atoms with Crippen LogP contribution >= 0.6 is 11.8 Å². The van der Waals surface area contributed by atoms with E-state index in [2.05, 4.69) is 33.9 Å². The van der Waals surface area contributed by atoms with Gasteiger partial charge in [0.2, 0.25) is 0 Å². The topological polar surface area (TPSA) is 27.6 Å². The van der Waals surface area contributed by atoms with Gasteiger partial charge in [0.1, 0.15) is 0 Å². The van der Waals surface area contributed by atoms with Crippen molar-refractivity contribution in [2.24, 2.45) is 4.99 Å². The number of rotatable bonds is 1. The van der Waals surface area contributed by atoms with Gasteiger partial charge in [0.05, 0.1) is 0 Å². The highest BCUT2D eigenvalue weighted by atomic mass is 32.2. The summed E-state index contributed by atoms with van der Waals surface area (Å²) in [5, 5.41) is 3.91. The molecule has 1 aliphatic heterocycles. The van der Waals surface area contributed by atoms with Crippen LogP contribution in [0.15, 0.2) is 4.99 Å². The Morgan fingerprint density at radius 2 is 2.46 bits per heavy atom. The molecular formula is C9H19N3S. The van der Waals surface area contributed by atoms with Crippen LogP contribution < -0.4 is 5.32 Å². The lowest BCUT2D eigenvalue weighted by Gasteiger charge is -2.33. The van der Waals surface area contributed by atoms with Crippen molar-refractivity contribution in [3.8, 4) is 0 Å². The van der Waals surface area contributed by atoms with Gasteiger partial charge < -0.3 is 10.2 Å². The highest BCUT2D eigenvalue weighted by Crippen LogP contribution is 2.20. The van der Waals surface area contributed by atoms with Gasteiger partial charge in [-0.15, -0.1) is 0 Å². The Bertz CT molecular complexity index is 182. The van der Waals surface area contributed by atoms with Crippen LogP contribution in [0, 0.1) is 0 Å². The molecule has 1 atom stereocenters. The minimum absolute atomic E-state index is 0.777. The van der Waals surface area contributed by atoms with E-state index < -0.39 is 0 Å². The molecule has 1 fully saturated rings.